The maximum absolute atomic E-state index is 13.4. The molecule has 1 saturated carbocycles. The summed E-state index contributed by atoms with van der Waals surface area (Å²) >= 11 is 2.40. The van der Waals surface area contributed by atoms with Gasteiger partial charge < -0.3 is 0 Å². The van der Waals surface area contributed by atoms with Gasteiger partial charge in [-0.05, 0) is 22.4 Å². The number of hydrogen-bond acceptors (Lipinski definition) is 1. The molecule has 16 heavy (non-hydrogen) atoms. The molecule has 0 spiro atoms. The van der Waals surface area contributed by atoms with Crippen molar-refractivity contribution in [2.45, 2.75) is 18.8 Å². The standard InChI is InChI=1S/C10H5BrF4O/c11-6-9(14)7(12)5(8(13)10(6)15)3-1-2-4(3)16/h3H,1-2H2. The number of benzene rings is 1. The predicted molar refractivity (Wildman–Crippen MR) is 51.0 cm³/mol. The van der Waals surface area contributed by atoms with Crippen molar-refractivity contribution in [1.82, 2.24) is 0 Å². The lowest BCUT2D eigenvalue weighted by atomic mass is 9.78. The van der Waals surface area contributed by atoms with Crippen LogP contribution in [0.15, 0.2) is 4.47 Å². The zero-order valence-electron chi connectivity index (χ0n) is 7.79. The molecule has 0 radical (unpaired) electrons. The molecule has 1 fully saturated rings. The van der Waals surface area contributed by atoms with E-state index in [1.807, 2.05) is 0 Å². The molecule has 1 atom stereocenters. The first kappa shape index (κ1) is 11.6. The molecule has 0 bridgehead atoms. The third-order valence-electron chi connectivity index (χ3n) is 2.66. The highest BCUT2D eigenvalue weighted by atomic mass is 79.9. The van der Waals surface area contributed by atoms with Crippen LogP contribution in [0.5, 0.6) is 0 Å². The lowest BCUT2D eigenvalue weighted by Gasteiger charge is -2.25. The number of Topliss-reactive ketones (excluding diaryl/α,β-unsaturated/α-hetero) is 1. The summed E-state index contributed by atoms with van der Waals surface area (Å²) in [6.07, 6.45) is 0.399. The summed E-state index contributed by atoms with van der Waals surface area (Å²) in [7, 11) is 0. The van der Waals surface area contributed by atoms with Crippen LogP contribution in [0.4, 0.5) is 17.6 Å². The molecular formula is C10H5BrF4O. The van der Waals surface area contributed by atoms with E-state index in [9.17, 15) is 22.4 Å². The number of hydrogen-bond donors (Lipinski definition) is 0. The fourth-order valence-electron chi connectivity index (χ4n) is 1.64. The van der Waals surface area contributed by atoms with Gasteiger partial charge in [-0.3, -0.25) is 4.79 Å². The zero-order chi connectivity index (χ0) is 12.0. The summed E-state index contributed by atoms with van der Waals surface area (Å²) in [5.74, 6) is -7.47. The van der Waals surface area contributed by atoms with Crippen molar-refractivity contribution in [3.05, 3.63) is 33.3 Å². The first-order chi connectivity index (χ1) is 7.45. The average molecular weight is 297 g/mol. The second kappa shape index (κ2) is 3.84. The SMILES string of the molecule is O=C1CCC1c1c(F)c(F)c(Br)c(F)c1F. The Morgan fingerprint density at radius 2 is 1.50 bits per heavy atom. The molecule has 6 heteroatoms. The van der Waals surface area contributed by atoms with Crippen molar-refractivity contribution in [1.29, 1.82) is 0 Å². The quantitative estimate of drug-likeness (QED) is 0.441. The van der Waals surface area contributed by atoms with Crippen LogP contribution in [-0.4, -0.2) is 5.78 Å². The van der Waals surface area contributed by atoms with Crippen LogP contribution < -0.4 is 0 Å². The van der Waals surface area contributed by atoms with E-state index >= 15 is 0 Å². The summed E-state index contributed by atoms with van der Waals surface area (Å²) in [5, 5.41) is 0. The van der Waals surface area contributed by atoms with Gasteiger partial charge in [0, 0.05) is 17.9 Å². The van der Waals surface area contributed by atoms with Crippen LogP contribution in [0.25, 0.3) is 0 Å². The molecule has 1 unspecified atom stereocenters. The molecule has 1 nitrogen and oxygen atoms in total. The van der Waals surface area contributed by atoms with E-state index < -0.39 is 45.0 Å². The van der Waals surface area contributed by atoms with Gasteiger partial charge in [-0.25, -0.2) is 17.6 Å². The number of rotatable bonds is 1. The fourth-order valence-corrected chi connectivity index (χ4v) is 1.99. The van der Waals surface area contributed by atoms with Crippen LogP contribution in [0, 0.1) is 23.3 Å². The second-order valence-corrected chi connectivity index (χ2v) is 4.33. The minimum Gasteiger partial charge on any atom is -0.299 e. The van der Waals surface area contributed by atoms with Crippen molar-refractivity contribution < 1.29 is 22.4 Å². The van der Waals surface area contributed by atoms with Gasteiger partial charge in [0.2, 0.25) is 0 Å². The highest BCUT2D eigenvalue weighted by Crippen LogP contribution is 2.39. The lowest BCUT2D eigenvalue weighted by Crippen LogP contribution is -2.26. The van der Waals surface area contributed by atoms with E-state index in [1.54, 1.807) is 0 Å². The third-order valence-corrected chi connectivity index (χ3v) is 3.36. The summed E-state index contributed by atoms with van der Waals surface area (Å²) in [6.45, 7) is 0. The van der Waals surface area contributed by atoms with Crippen LogP contribution in [0.3, 0.4) is 0 Å². The topological polar surface area (TPSA) is 17.1 Å². The van der Waals surface area contributed by atoms with Crippen LogP contribution in [0.1, 0.15) is 24.3 Å². The van der Waals surface area contributed by atoms with E-state index in [4.69, 9.17) is 0 Å². The van der Waals surface area contributed by atoms with Crippen LogP contribution >= 0.6 is 15.9 Å². The van der Waals surface area contributed by atoms with Gasteiger partial charge in [0.05, 0.1) is 4.47 Å². The molecule has 0 N–H and O–H groups in total. The molecule has 0 aromatic heterocycles. The van der Waals surface area contributed by atoms with Crippen LogP contribution in [-0.2, 0) is 4.79 Å². The van der Waals surface area contributed by atoms with Crippen molar-refractivity contribution in [3.63, 3.8) is 0 Å². The maximum atomic E-state index is 13.4. The Bertz CT molecular complexity index is 457. The van der Waals surface area contributed by atoms with Gasteiger partial charge in [-0.1, -0.05) is 0 Å². The Labute approximate surface area is 96.6 Å². The summed E-state index contributed by atoms with van der Waals surface area (Å²) in [6, 6.07) is 0. The molecule has 0 saturated heterocycles. The predicted octanol–water partition coefficient (Wildman–Crippen LogP) is 3.45. The Balaban J connectivity index is 2.65. The second-order valence-electron chi connectivity index (χ2n) is 3.54. The van der Waals surface area contributed by atoms with Crippen molar-refractivity contribution in [2.75, 3.05) is 0 Å². The Morgan fingerprint density at radius 1 is 1.00 bits per heavy atom. The normalized spacial score (nSPS) is 19.8. The lowest BCUT2D eigenvalue weighted by molar-refractivity contribution is -0.125. The first-order valence-corrected chi connectivity index (χ1v) is 5.28. The van der Waals surface area contributed by atoms with Crippen molar-refractivity contribution in [2.24, 2.45) is 0 Å². The van der Waals surface area contributed by atoms with Crippen LogP contribution in [0.2, 0.25) is 0 Å². The zero-order valence-corrected chi connectivity index (χ0v) is 9.38. The highest BCUT2D eigenvalue weighted by Gasteiger charge is 2.37. The van der Waals surface area contributed by atoms with E-state index in [0.717, 1.165) is 0 Å². The number of carbonyl (C=O) groups is 1. The highest BCUT2D eigenvalue weighted by molar-refractivity contribution is 9.10. The van der Waals surface area contributed by atoms with E-state index in [2.05, 4.69) is 15.9 Å². The van der Waals surface area contributed by atoms with Gasteiger partial charge in [-0.2, -0.15) is 0 Å². The molecule has 0 amide bonds. The van der Waals surface area contributed by atoms with Gasteiger partial charge >= 0.3 is 0 Å². The molecule has 86 valence electrons. The van der Waals surface area contributed by atoms with Crippen molar-refractivity contribution >= 4 is 21.7 Å². The Kier molecular flexibility index (Phi) is 2.77. The third kappa shape index (κ3) is 1.47. The minimum atomic E-state index is -1.51. The average Bonchev–Trinajstić information content (AvgIpc) is 2.27. The fraction of sp³-hybridized carbons (Fsp3) is 0.300. The molecule has 1 aliphatic carbocycles. The molecule has 1 aromatic rings. The van der Waals surface area contributed by atoms with Crippen molar-refractivity contribution in [3.8, 4) is 0 Å². The largest absolute Gasteiger partial charge is 0.299 e. The summed E-state index contributed by atoms with van der Waals surface area (Å²) in [5.41, 5.74) is -0.797. The van der Waals surface area contributed by atoms with Gasteiger partial charge in [0.15, 0.2) is 23.3 Å². The molecule has 2 rings (SSSR count). The molecular weight excluding hydrogens is 292 g/mol. The smallest absolute Gasteiger partial charge is 0.176 e. The minimum absolute atomic E-state index is 0.183. The maximum Gasteiger partial charge on any atom is 0.176 e. The van der Waals surface area contributed by atoms with Gasteiger partial charge in [-0.15, -0.1) is 0 Å². The van der Waals surface area contributed by atoms with Gasteiger partial charge in [0.1, 0.15) is 5.78 Å². The molecule has 0 heterocycles. The number of carbonyl (C=O) groups excluding carboxylic acids is 1. The Hall–Kier alpha value is -0.910. The molecule has 0 aliphatic heterocycles. The summed E-state index contributed by atoms with van der Waals surface area (Å²) < 4.78 is 52.2. The van der Waals surface area contributed by atoms with Gasteiger partial charge in [0.25, 0.3) is 0 Å². The molecule has 1 aromatic carbocycles. The first-order valence-electron chi connectivity index (χ1n) is 4.49. The molecule has 1 aliphatic rings. The Morgan fingerprint density at radius 3 is 1.81 bits per heavy atom. The monoisotopic (exact) mass is 296 g/mol. The number of ketones is 1. The van der Waals surface area contributed by atoms with E-state index in [-0.39, 0.29) is 12.8 Å². The van der Waals surface area contributed by atoms with E-state index in [0.29, 0.717) is 0 Å². The number of halogens is 5. The van der Waals surface area contributed by atoms with E-state index in [1.165, 1.54) is 0 Å². The summed E-state index contributed by atoms with van der Waals surface area (Å²) in [4.78, 5) is 11.1.